The maximum atomic E-state index is 10.4. The van der Waals surface area contributed by atoms with E-state index in [1.165, 1.54) is 0 Å². The monoisotopic (exact) mass is 376 g/mol. The Morgan fingerprint density at radius 1 is 0.889 bits per heavy atom. The van der Waals surface area contributed by atoms with Crippen LogP contribution in [0.3, 0.4) is 0 Å². The van der Waals surface area contributed by atoms with E-state index in [4.69, 9.17) is 5.11 Å². The van der Waals surface area contributed by atoms with E-state index in [2.05, 4.69) is 19.1 Å². The van der Waals surface area contributed by atoms with Crippen molar-refractivity contribution in [3.8, 4) is 0 Å². The molecule has 0 heterocycles. The predicted molar refractivity (Wildman–Crippen MR) is 113 cm³/mol. The summed E-state index contributed by atoms with van der Waals surface area (Å²) in [5.41, 5.74) is 0. The van der Waals surface area contributed by atoms with Crippen molar-refractivity contribution in [2.24, 2.45) is 5.92 Å². The molecule has 0 aliphatic heterocycles. The molecule has 0 spiro atoms. The number of unbranched alkanes of at least 4 members (excludes halogenated alkanes) is 3. The van der Waals surface area contributed by atoms with Crippen LogP contribution in [0.25, 0.3) is 0 Å². The van der Waals surface area contributed by atoms with Crippen molar-refractivity contribution in [1.29, 1.82) is 0 Å². The van der Waals surface area contributed by atoms with Gasteiger partial charge < -0.3 is 15.3 Å². The summed E-state index contributed by atoms with van der Waals surface area (Å²) in [5.74, 6) is -0.594. The van der Waals surface area contributed by atoms with Gasteiger partial charge in [0.25, 0.3) is 0 Å². The summed E-state index contributed by atoms with van der Waals surface area (Å²) in [6.07, 6.45) is 25.1. The quantitative estimate of drug-likeness (QED) is 0.202. The van der Waals surface area contributed by atoms with Gasteiger partial charge in [-0.25, -0.2) is 0 Å². The Balaban J connectivity index is 3.89. The van der Waals surface area contributed by atoms with Crippen LogP contribution in [0.5, 0.6) is 0 Å². The fourth-order valence-electron chi connectivity index (χ4n) is 2.34. The van der Waals surface area contributed by atoms with Gasteiger partial charge in [-0.05, 0) is 38.5 Å². The van der Waals surface area contributed by atoms with Gasteiger partial charge in [0, 0.05) is 18.9 Å². The average Bonchev–Trinajstić information content (AvgIpc) is 2.65. The molecule has 0 saturated carbocycles. The molecule has 0 radical (unpaired) electrons. The minimum atomic E-state index is -0.734. The normalized spacial score (nSPS) is 15.1. The van der Waals surface area contributed by atoms with Crippen molar-refractivity contribution < 1.29 is 20.1 Å². The number of hydrogen-bond acceptors (Lipinski definition) is 3. The lowest BCUT2D eigenvalue weighted by Gasteiger charge is -2.04. The zero-order valence-corrected chi connectivity index (χ0v) is 16.5. The molecule has 0 aliphatic carbocycles. The molecule has 0 saturated heterocycles. The van der Waals surface area contributed by atoms with Crippen LogP contribution in [0.2, 0.25) is 0 Å². The van der Waals surface area contributed by atoms with E-state index < -0.39 is 12.1 Å². The Kier molecular flexibility index (Phi) is 17.5. The van der Waals surface area contributed by atoms with Crippen LogP contribution in [-0.4, -0.2) is 34.0 Å². The lowest BCUT2D eigenvalue weighted by molar-refractivity contribution is -0.137. The van der Waals surface area contributed by atoms with E-state index in [0.717, 1.165) is 38.5 Å². The molecule has 4 nitrogen and oxygen atoms in total. The van der Waals surface area contributed by atoms with Crippen molar-refractivity contribution in [2.75, 3.05) is 6.61 Å². The zero-order valence-electron chi connectivity index (χ0n) is 16.5. The number of aliphatic carboxylic acids is 1. The summed E-state index contributed by atoms with van der Waals surface area (Å²) in [6.45, 7) is 2.23. The molecule has 0 aromatic carbocycles. The highest BCUT2D eigenvalue weighted by Crippen LogP contribution is 2.06. The first-order valence-electron chi connectivity index (χ1n) is 9.92. The first-order chi connectivity index (χ1) is 13.1. The summed E-state index contributed by atoms with van der Waals surface area (Å²) in [6, 6.07) is 0. The molecule has 0 bridgehead atoms. The van der Waals surface area contributed by atoms with Gasteiger partial charge in [-0.15, -0.1) is 0 Å². The molecule has 3 N–H and O–H groups in total. The molecule has 27 heavy (non-hydrogen) atoms. The van der Waals surface area contributed by atoms with E-state index in [1.54, 1.807) is 6.08 Å². The van der Waals surface area contributed by atoms with E-state index in [0.29, 0.717) is 6.42 Å². The van der Waals surface area contributed by atoms with Crippen molar-refractivity contribution in [1.82, 2.24) is 0 Å². The lowest BCUT2D eigenvalue weighted by Crippen LogP contribution is -2.00. The Bertz CT molecular complexity index is 501. The second-order valence-corrected chi connectivity index (χ2v) is 6.48. The topological polar surface area (TPSA) is 77.8 Å². The fraction of sp³-hybridized carbons (Fsp3) is 0.522. The lowest BCUT2D eigenvalue weighted by atomic mass is 10.1. The zero-order chi connectivity index (χ0) is 20.2. The summed E-state index contributed by atoms with van der Waals surface area (Å²) < 4.78 is 0. The predicted octanol–water partition coefficient (Wildman–Crippen LogP) is 4.96. The molecule has 0 rings (SSSR count). The van der Waals surface area contributed by atoms with Gasteiger partial charge in [0.2, 0.25) is 0 Å². The SMILES string of the molecule is CC/C=C\C[C@H](/C=C/C=C\C=C/C(O)C/C=C\CCCCCC(=O)O)CO. The molecular formula is C23H36O4. The number of carbonyl (C=O) groups is 1. The maximum absolute atomic E-state index is 10.4. The van der Waals surface area contributed by atoms with E-state index in [9.17, 15) is 15.0 Å². The summed E-state index contributed by atoms with van der Waals surface area (Å²) >= 11 is 0. The second kappa shape index (κ2) is 18.9. The first kappa shape index (κ1) is 25.1. The number of aliphatic hydroxyl groups is 2. The van der Waals surface area contributed by atoms with Gasteiger partial charge in [0.15, 0.2) is 0 Å². The highest BCUT2D eigenvalue weighted by Gasteiger charge is 1.98. The minimum absolute atomic E-state index is 0.138. The molecule has 0 aromatic rings. The molecule has 1 unspecified atom stereocenters. The van der Waals surface area contributed by atoms with Crippen LogP contribution in [0.4, 0.5) is 0 Å². The second-order valence-electron chi connectivity index (χ2n) is 6.48. The molecular weight excluding hydrogens is 340 g/mol. The number of carboxylic acid groups (broad SMARTS) is 1. The van der Waals surface area contributed by atoms with Crippen molar-refractivity contribution in [2.45, 2.75) is 64.4 Å². The van der Waals surface area contributed by atoms with Gasteiger partial charge in [-0.2, -0.15) is 0 Å². The Labute approximate surface area is 164 Å². The standard InChI is InChI=1S/C23H36O4/c1-2-3-10-15-21(20-24)16-11-8-9-13-18-22(25)17-12-6-4-5-7-14-19-23(26)27/h3,6,8-13,16,18,21-22,24-25H,2,4-5,7,14-15,17,19-20H2,1H3,(H,26,27)/b9-8-,10-3-,12-6-,16-11+,18-13-/t21-,22?/m1/s1. The van der Waals surface area contributed by atoms with E-state index >= 15 is 0 Å². The fourth-order valence-corrected chi connectivity index (χ4v) is 2.34. The molecule has 152 valence electrons. The molecule has 4 heteroatoms. The summed E-state index contributed by atoms with van der Waals surface area (Å²) in [7, 11) is 0. The van der Waals surface area contributed by atoms with E-state index in [1.807, 2.05) is 42.5 Å². The largest absolute Gasteiger partial charge is 0.481 e. The van der Waals surface area contributed by atoms with Crippen LogP contribution >= 0.6 is 0 Å². The summed E-state index contributed by atoms with van der Waals surface area (Å²) in [5, 5.41) is 27.7. The van der Waals surface area contributed by atoms with Gasteiger partial charge in [-0.1, -0.05) is 74.1 Å². The third-order valence-corrected chi connectivity index (χ3v) is 3.93. The Morgan fingerprint density at radius 3 is 2.26 bits per heavy atom. The van der Waals surface area contributed by atoms with Gasteiger partial charge in [0.1, 0.15) is 0 Å². The Hall–Kier alpha value is -1.91. The van der Waals surface area contributed by atoms with Gasteiger partial charge in [0.05, 0.1) is 6.10 Å². The molecule has 0 aliphatic rings. The maximum Gasteiger partial charge on any atom is 0.303 e. The third kappa shape index (κ3) is 18.7. The number of rotatable bonds is 16. The molecule has 0 amide bonds. The van der Waals surface area contributed by atoms with Crippen molar-refractivity contribution in [3.05, 3.63) is 60.8 Å². The molecule has 2 atom stereocenters. The Morgan fingerprint density at radius 2 is 1.59 bits per heavy atom. The summed E-state index contributed by atoms with van der Waals surface area (Å²) in [4.78, 5) is 10.4. The minimum Gasteiger partial charge on any atom is -0.481 e. The van der Waals surface area contributed by atoms with Crippen LogP contribution < -0.4 is 0 Å². The highest BCUT2D eigenvalue weighted by atomic mass is 16.4. The van der Waals surface area contributed by atoms with Crippen molar-refractivity contribution in [3.63, 3.8) is 0 Å². The smallest absolute Gasteiger partial charge is 0.303 e. The third-order valence-electron chi connectivity index (χ3n) is 3.93. The van der Waals surface area contributed by atoms with E-state index in [-0.39, 0.29) is 18.9 Å². The van der Waals surface area contributed by atoms with Gasteiger partial charge in [-0.3, -0.25) is 4.79 Å². The average molecular weight is 377 g/mol. The van der Waals surface area contributed by atoms with Gasteiger partial charge >= 0.3 is 5.97 Å². The highest BCUT2D eigenvalue weighted by molar-refractivity contribution is 5.66. The molecule has 0 aromatic heterocycles. The van der Waals surface area contributed by atoms with Crippen LogP contribution in [0.15, 0.2) is 60.8 Å². The van der Waals surface area contributed by atoms with Crippen LogP contribution in [0.1, 0.15) is 58.3 Å². The number of allylic oxidation sites excluding steroid dienone is 7. The molecule has 0 fully saturated rings. The number of carboxylic acids is 1. The van der Waals surface area contributed by atoms with Crippen LogP contribution in [-0.2, 0) is 4.79 Å². The first-order valence-corrected chi connectivity index (χ1v) is 9.92. The number of hydrogen-bond donors (Lipinski definition) is 3. The van der Waals surface area contributed by atoms with Crippen molar-refractivity contribution >= 4 is 5.97 Å². The van der Waals surface area contributed by atoms with Crippen LogP contribution in [0, 0.1) is 5.92 Å². The number of aliphatic hydroxyl groups excluding tert-OH is 2.